The van der Waals surface area contributed by atoms with E-state index in [0.717, 1.165) is 16.5 Å². The summed E-state index contributed by atoms with van der Waals surface area (Å²) in [5, 5.41) is 46.8. The number of fused-ring (bicyclic) bond motifs is 1. The van der Waals surface area contributed by atoms with Crippen molar-refractivity contribution in [2.75, 3.05) is 20.8 Å². The number of hydrogen-bond acceptors (Lipinski definition) is 8. The van der Waals surface area contributed by atoms with E-state index in [1.54, 1.807) is 24.3 Å². The Morgan fingerprint density at radius 3 is 2.50 bits per heavy atom. The molecule has 10 heteroatoms. The van der Waals surface area contributed by atoms with Crippen LogP contribution in [0.3, 0.4) is 0 Å². The summed E-state index contributed by atoms with van der Waals surface area (Å²) in [5.41, 5.74) is 3.80. The Labute approximate surface area is 232 Å². The van der Waals surface area contributed by atoms with Crippen LogP contribution in [-0.4, -0.2) is 58.1 Å². The molecule has 212 valence electrons. The molecule has 1 aromatic heterocycles. The lowest BCUT2D eigenvalue weighted by atomic mass is 10.0. The maximum absolute atomic E-state index is 12.9. The highest BCUT2D eigenvalue weighted by Gasteiger charge is 2.17. The third-order valence-electron chi connectivity index (χ3n) is 6.84. The lowest BCUT2D eigenvalue weighted by Gasteiger charge is -2.18. The molecule has 0 saturated carbocycles. The van der Waals surface area contributed by atoms with Crippen LogP contribution in [0.5, 0.6) is 23.0 Å². The largest absolute Gasteiger partial charge is 0.508 e. The number of methoxy groups -OCH3 is 2. The fourth-order valence-electron chi connectivity index (χ4n) is 4.67. The molecule has 0 unspecified atom stereocenters. The molecular formula is C30H35N3O7. The Bertz CT molecular complexity index is 1480. The molecule has 0 spiro atoms. The molecule has 0 fully saturated rings. The highest BCUT2D eigenvalue weighted by molar-refractivity contribution is 5.98. The molecule has 0 aliphatic rings. The second kappa shape index (κ2) is 12.7. The van der Waals surface area contributed by atoms with Gasteiger partial charge in [0.2, 0.25) is 0 Å². The van der Waals surface area contributed by atoms with Crippen molar-refractivity contribution in [2.45, 2.75) is 38.6 Å². The number of aliphatic hydroxyl groups excluding tert-OH is 2. The summed E-state index contributed by atoms with van der Waals surface area (Å²) in [6.07, 6.45) is -0.0921. The molecule has 4 aromatic rings. The van der Waals surface area contributed by atoms with Crippen molar-refractivity contribution < 1.29 is 34.7 Å². The van der Waals surface area contributed by atoms with Crippen molar-refractivity contribution in [3.05, 3.63) is 82.5 Å². The van der Waals surface area contributed by atoms with E-state index in [2.05, 4.69) is 15.6 Å². The quantitative estimate of drug-likeness (QED) is 0.142. The van der Waals surface area contributed by atoms with E-state index in [-0.39, 0.29) is 42.3 Å². The first kappa shape index (κ1) is 28.8. The molecule has 0 bridgehead atoms. The van der Waals surface area contributed by atoms with Gasteiger partial charge in [0.25, 0.3) is 5.91 Å². The molecule has 40 heavy (non-hydrogen) atoms. The van der Waals surface area contributed by atoms with Crippen molar-refractivity contribution in [3.8, 4) is 23.0 Å². The van der Waals surface area contributed by atoms with Gasteiger partial charge in [-0.15, -0.1) is 0 Å². The zero-order valence-electron chi connectivity index (χ0n) is 22.7. The highest BCUT2D eigenvalue weighted by atomic mass is 16.5. The molecule has 2 atom stereocenters. The Morgan fingerprint density at radius 1 is 1.00 bits per heavy atom. The molecule has 7 N–H and O–H groups in total. The number of aromatic nitrogens is 1. The van der Waals surface area contributed by atoms with E-state index in [9.17, 15) is 25.2 Å². The zero-order chi connectivity index (χ0) is 28.8. The summed E-state index contributed by atoms with van der Waals surface area (Å²) in [4.78, 5) is 16.1. The molecule has 10 nitrogen and oxygen atoms in total. The van der Waals surface area contributed by atoms with Gasteiger partial charge in [-0.3, -0.25) is 4.79 Å². The van der Waals surface area contributed by atoms with Crippen molar-refractivity contribution in [1.29, 1.82) is 0 Å². The summed E-state index contributed by atoms with van der Waals surface area (Å²) < 4.78 is 10.6. The maximum atomic E-state index is 12.9. The van der Waals surface area contributed by atoms with E-state index in [4.69, 9.17) is 9.47 Å². The maximum Gasteiger partial charge on any atom is 0.268 e. The second-order valence-corrected chi connectivity index (χ2v) is 9.66. The third-order valence-corrected chi connectivity index (χ3v) is 6.84. The van der Waals surface area contributed by atoms with Gasteiger partial charge in [-0.05, 0) is 66.9 Å². The lowest BCUT2D eigenvalue weighted by molar-refractivity contribution is 0.0946. The van der Waals surface area contributed by atoms with Gasteiger partial charge >= 0.3 is 0 Å². The number of aromatic amines is 1. The van der Waals surface area contributed by atoms with Gasteiger partial charge in [-0.2, -0.15) is 0 Å². The predicted molar refractivity (Wildman–Crippen MR) is 151 cm³/mol. The number of hydrogen-bond donors (Lipinski definition) is 7. The number of phenolic OH excluding ortho intramolecular Hbond substituents is 1. The van der Waals surface area contributed by atoms with Crippen molar-refractivity contribution in [3.63, 3.8) is 0 Å². The van der Waals surface area contributed by atoms with E-state index < -0.39 is 6.10 Å². The lowest BCUT2D eigenvalue weighted by Crippen LogP contribution is -2.32. The molecule has 0 saturated heterocycles. The summed E-state index contributed by atoms with van der Waals surface area (Å²) in [6, 6.07) is 15.6. The first-order valence-corrected chi connectivity index (χ1v) is 12.9. The zero-order valence-corrected chi connectivity index (χ0v) is 22.7. The Kier molecular flexibility index (Phi) is 9.15. The third kappa shape index (κ3) is 6.48. The minimum atomic E-state index is -0.790. The fraction of sp³-hybridized carbons (Fsp3) is 0.300. The number of phenols is 2. The van der Waals surface area contributed by atoms with Crippen molar-refractivity contribution in [2.24, 2.45) is 0 Å². The summed E-state index contributed by atoms with van der Waals surface area (Å²) in [6.45, 7) is 2.12. The first-order chi connectivity index (χ1) is 19.2. The van der Waals surface area contributed by atoms with Gasteiger partial charge in [-0.1, -0.05) is 12.1 Å². The molecule has 3 aromatic carbocycles. The highest BCUT2D eigenvalue weighted by Crippen LogP contribution is 2.36. The molecule has 0 aliphatic heterocycles. The van der Waals surface area contributed by atoms with Crippen LogP contribution in [-0.2, 0) is 19.6 Å². The SMILES string of the molecule is COc1ccc(O)c(OC)c1CNC(=O)c1cc2cc(C[C@@H](C)NC[C@H](O)c3ccc(O)c(CO)c3)ccc2[nH]1. The van der Waals surface area contributed by atoms with Gasteiger partial charge in [0, 0.05) is 29.1 Å². The van der Waals surface area contributed by atoms with Crippen LogP contribution < -0.4 is 20.1 Å². The van der Waals surface area contributed by atoms with Gasteiger partial charge in [0.05, 0.1) is 39.0 Å². The number of nitrogens with one attached hydrogen (secondary N) is 3. The molecule has 0 radical (unpaired) electrons. The number of amides is 1. The summed E-state index contributed by atoms with van der Waals surface area (Å²) in [5.74, 6) is 0.379. The molecule has 1 amide bonds. The monoisotopic (exact) mass is 549 g/mol. The number of aliphatic hydroxyl groups is 2. The number of rotatable bonds is 12. The normalized spacial score (nSPS) is 12.7. The Balaban J connectivity index is 1.37. The number of carbonyl (C=O) groups excluding carboxylic acids is 1. The Morgan fingerprint density at radius 2 is 1.77 bits per heavy atom. The minimum absolute atomic E-state index is 0.00231. The molecule has 4 rings (SSSR count). The second-order valence-electron chi connectivity index (χ2n) is 9.66. The van der Waals surface area contributed by atoms with E-state index in [0.29, 0.717) is 41.1 Å². The minimum Gasteiger partial charge on any atom is -0.508 e. The number of benzene rings is 3. The average molecular weight is 550 g/mol. The Hall–Kier alpha value is -4.25. The number of aromatic hydroxyl groups is 2. The van der Waals surface area contributed by atoms with E-state index in [1.807, 2.05) is 25.1 Å². The van der Waals surface area contributed by atoms with Crippen molar-refractivity contribution >= 4 is 16.8 Å². The van der Waals surface area contributed by atoms with Crippen LogP contribution >= 0.6 is 0 Å². The topological polar surface area (TPSA) is 156 Å². The van der Waals surface area contributed by atoms with Crippen molar-refractivity contribution in [1.82, 2.24) is 15.6 Å². The fourth-order valence-corrected chi connectivity index (χ4v) is 4.67. The smallest absolute Gasteiger partial charge is 0.268 e. The standard InChI is InChI=1S/C30H35N3O7/c1-17(31-15-27(37)19-5-7-25(35)21(12-19)16-34)10-18-4-6-23-20(11-18)13-24(33-23)30(38)32-14-22-28(39-2)9-8-26(36)29(22)40-3/h4-9,11-13,17,27,31,33-37H,10,14-16H2,1-3H3,(H,32,38)/t17-,27+/m1/s1. The van der Waals surface area contributed by atoms with Crippen LogP contribution in [0.25, 0.3) is 10.9 Å². The molecule has 1 heterocycles. The predicted octanol–water partition coefficient (Wildman–Crippen LogP) is 3.27. The van der Waals surface area contributed by atoms with E-state index >= 15 is 0 Å². The van der Waals surface area contributed by atoms with Gasteiger partial charge in [-0.25, -0.2) is 0 Å². The van der Waals surface area contributed by atoms with Crippen LogP contribution in [0.2, 0.25) is 0 Å². The number of H-pyrrole nitrogens is 1. The van der Waals surface area contributed by atoms with Gasteiger partial charge in [0.1, 0.15) is 17.2 Å². The average Bonchev–Trinajstić information content (AvgIpc) is 3.38. The molecule has 0 aliphatic carbocycles. The number of carbonyl (C=O) groups is 1. The van der Waals surface area contributed by atoms with Crippen LogP contribution in [0.1, 0.15) is 45.8 Å². The molecular weight excluding hydrogens is 514 g/mol. The van der Waals surface area contributed by atoms with Crippen LogP contribution in [0.4, 0.5) is 0 Å². The van der Waals surface area contributed by atoms with E-state index in [1.165, 1.54) is 26.4 Å². The summed E-state index contributed by atoms with van der Waals surface area (Å²) in [7, 11) is 2.95. The first-order valence-electron chi connectivity index (χ1n) is 12.9. The van der Waals surface area contributed by atoms with Crippen LogP contribution in [0, 0.1) is 0 Å². The number of ether oxygens (including phenoxy) is 2. The van der Waals surface area contributed by atoms with Gasteiger partial charge < -0.3 is 45.5 Å². The van der Waals surface area contributed by atoms with Crippen LogP contribution in [0.15, 0.2) is 54.6 Å². The summed E-state index contributed by atoms with van der Waals surface area (Å²) >= 11 is 0. The van der Waals surface area contributed by atoms with Gasteiger partial charge in [0.15, 0.2) is 11.5 Å².